The monoisotopic (exact) mass is 259 g/mol. The van der Waals surface area contributed by atoms with Crippen LogP contribution in [-0.2, 0) is 6.42 Å². The minimum Gasteiger partial charge on any atom is -0.461 e. The van der Waals surface area contributed by atoms with Gasteiger partial charge in [0.25, 0.3) is 0 Å². The minimum atomic E-state index is 0.612. The van der Waals surface area contributed by atoms with Crippen LogP contribution in [0, 0.1) is 0 Å². The van der Waals surface area contributed by atoms with Crippen LogP contribution in [0.15, 0.2) is 39.7 Å². The SMILES string of the molecule is CCN(CC)C(N)=NCCc1cc2ccccc2o1. The second-order valence-electron chi connectivity index (χ2n) is 4.41. The van der Waals surface area contributed by atoms with Crippen LogP contribution in [0.1, 0.15) is 19.6 Å². The van der Waals surface area contributed by atoms with Crippen LogP contribution >= 0.6 is 0 Å². The molecule has 0 aliphatic carbocycles. The minimum absolute atomic E-state index is 0.612. The van der Waals surface area contributed by atoms with E-state index in [1.807, 2.05) is 23.1 Å². The van der Waals surface area contributed by atoms with E-state index in [9.17, 15) is 0 Å². The van der Waals surface area contributed by atoms with Crippen molar-refractivity contribution in [1.29, 1.82) is 0 Å². The molecule has 0 radical (unpaired) electrons. The summed E-state index contributed by atoms with van der Waals surface area (Å²) in [5, 5.41) is 1.14. The van der Waals surface area contributed by atoms with Crippen LogP contribution in [-0.4, -0.2) is 30.5 Å². The van der Waals surface area contributed by atoms with Gasteiger partial charge in [0.05, 0.1) is 0 Å². The summed E-state index contributed by atoms with van der Waals surface area (Å²) in [6.45, 7) is 6.57. The zero-order valence-electron chi connectivity index (χ0n) is 11.6. The first-order chi connectivity index (χ1) is 9.24. The Morgan fingerprint density at radius 2 is 2.00 bits per heavy atom. The van der Waals surface area contributed by atoms with Crippen molar-refractivity contribution in [2.75, 3.05) is 19.6 Å². The molecule has 0 bridgehead atoms. The number of furan rings is 1. The van der Waals surface area contributed by atoms with Crippen LogP contribution in [0.2, 0.25) is 0 Å². The van der Waals surface area contributed by atoms with Gasteiger partial charge in [0.15, 0.2) is 5.96 Å². The summed E-state index contributed by atoms with van der Waals surface area (Å²) in [5.74, 6) is 1.57. The maximum absolute atomic E-state index is 5.92. The lowest BCUT2D eigenvalue weighted by Gasteiger charge is -2.19. The molecule has 1 aromatic carbocycles. The molecule has 1 aromatic heterocycles. The van der Waals surface area contributed by atoms with Crippen LogP contribution in [0.4, 0.5) is 0 Å². The van der Waals surface area contributed by atoms with Crippen LogP contribution in [0.25, 0.3) is 11.0 Å². The molecule has 0 spiro atoms. The standard InChI is InChI=1S/C15H21N3O/c1-3-18(4-2)15(16)17-10-9-13-11-12-7-5-6-8-14(12)19-13/h5-8,11H,3-4,9-10H2,1-2H3,(H2,16,17). The third-order valence-corrected chi connectivity index (χ3v) is 3.20. The number of nitrogens with zero attached hydrogens (tertiary/aromatic N) is 2. The van der Waals surface area contributed by atoms with Crippen molar-refractivity contribution in [2.24, 2.45) is 10.7 Å². The van der Waals surface area contributed by atoms with E-state index in [0.29, 0.717) is 12.5 Å². The Morgan fingerprint density at radius 1 is 1.26 bits per heavy atom. The first-order valence-corrected chi connectivity index (χ1v) is 6.77. The first-order valence-electron chi connectivity index (χ1n) is 6.77. The summed E-state index contributed by atoms with van der Waals surface area (Å²) >= 11 is 0. The van der Waals surface area contributed by atoms with Gasteiger partial charge in [-0.1, -0.05) is 18.2 Å². The Hall–Kier alpha value is -1.97. The Morgan fingerprint density at radius 3 is 2.68 bits per heavy atom. The van der Waals surface area contributed by atoms with E-state index in [-0.39, 0.29) is 0 Å². The Balaban J connectivity index is 1.97. The summed E-state index contributed by atoms with van der Waals surface area (Å²) in [5.41, 5.74) is 6.85. The number of guanidine groups is 1. The molecule has 19 heavy (non-hydrogen) atoms. The van der Waals surface area contributed by atoms with Gasteiger partial charge in [0.1, 0.15) is 11.3 Å². The van der Waals surface area contributed by atoms with Gasteiger partial charge < -0.3 is 15.1 Å². The number of hydrogen-bond acceptors (Lipinski definition) is 2. The molecular weight excluding hydrogens is 238 g/mol. The maximum Gasteiger partial charge on any atom is 0.191 e. The molecule has 0 unspecified atom stereocenters. The maximum atomic E-state index is 5.92. The van der Waals surface area contributed by atoms with Crippen molar-refractivity contribution in [3.63, 3.8) is 0 Å². The van der Waals surface area contributed by atoms with Gasteiger partial charge in [-0.05, 0) is 26.0 Å². The molecule has 4 nitrogen and oxygen atoms in total. The second kappa shape index (κ2) is 6.27. The molecule has 2 aromatic rings. The number of fused-ring (bicyclic) bond motifs is 1. The first kappa shape index (κ1) is 13.5. The average molecular weight is 259 g/mol. The van der Waals surface area contributed by atoms with E-state index in [1.54, 1.807) is 0 Å². The summed E-state index contributed by atoms with van der Waals surface area (Å²) in [4.78, 5) is 6.43. The van der Waals surface area contributed by atoms with Crippen molar-refractivity contribution in [3.8, 4) is 0 Å². The fourth-order valence-corrected chi connectivity index (χ4v) is 2.09. The lowest BCUT2D eigenvalue weighted by Crippen LogP contribution is -2.37. The molecule has 102 valence electrons. The normalized spacial score (nSPS) is 12.0. The van der Waals surface area contributed by atoms with Crippen molar-refractivity contribution in [2.45, 2.75) is 20.3 Å². The van der Waals surface area contributed by atoms with Gasteiger partial charge in [-0.15, -0.1) is 0 Å². The van der Waals surface area contributed by atoms with Crippen LogP contribution < -0.4 is 5.73 Å². The summed E-state index contributed by atoms with van der Waals surface area (Å²) in [6.07, 6.45) is 0.774. The molecule has 0 fully saturated rings. The third kappa shape index (κ3) is 3.28. The smallest absolute Gasteiger partial charge is 0.191 e. The number of aliphatic imine (C=N–C) groups is 1. The second-order valence-corrected chi connectivity index (χ2v) is 4.41. The van der Waals surface area contributed by atoms with Gasteiger partial charge in [0, 0.05) is 31.4 Å². The van der Waals surface area contributed by atoms with E-state index >= 15 is 0 Å². The zero-order valence-corrected chi connectivity index (χ0v) is 11.6. The molecule has 0 saturated carbocycles. The number of para-hydroxylation sites is 1. The van der Waals surface area contributed by atoms with E-state index in [4.69, 9.17) is 10.2 Å². The molecule has 0 atom stereocenters. The number of rotatable bonds is 5. The molecule has 0 aliphatic rings. The molecule has 4 heteroatoms. The number of hydrogen-bond donors (Lipinski definition) is 1. The van der Waals surface area contributed by atoms with E-state index < -0.39 is 0 Å². The molecule has 0 amide bonds. The summed E-state index contributed by atoms with van der Waals surface area (Å²) in [6, 6.07) is 10.1. The van der Waals surface area contributed by atoms with Gasteiger partial charge in [0.2, 0.25) is 0 Å². The topological polar surface area (TPSA) is 54.8 Å². The van der Waals surface area contributed by atoms with Crippen LogP contribution in [0.5, 0.6) is 0 Å². The molecule has 2 N–H and O–H groups in total. The van der Waals surface area contributed by atoms with E-state index in [1.165, 1.54) is 0 Å². The zero-order chi connectivity index (χ0) is 13.7. The average Bonchev–Trinajstić information content (AvgIpc) is 2.82. The highest BCUT2D eigenvalue weighted by Gasteiger charge is 2.04. The van der Waals surface area contributed by atoms with Gasteiger partial charge in [-0.3, -0.25) is 4.99 Å². The highest BCUT2D eigenvalue weighted by Crippen LogP contribution is 2.18. The van der Waals surface area contributed by atoms with E-state index in [0.717, 1.165) is 36.2 Å². The molecular formula is C15H21N3O. The van der Waals surface area contributed by atoms with Crippen molar-refractivity contribution < 1.29 is 4.42 Å². The van der Waals surface area contributed by atoms with Gasteiger partial charge in [-0.25, -0.2) is 0 Å². The molecule has 0 aliphatic heterocycles. The Labute approximate surface area is 113 Å². The number of nitrogens with two attached hydrogens (primary N) is 1. The highest BCUT2D eigenvalue weighted by molar-refractivity contribution is 5.78. The van der Waals surface area contributed by atoms with Crippen molar-refractivity contribution >= 4 is 16.9 Å². The Bertz CT molecular complexity index is 522. The molecule has 0 saturated heterocycles. The predicted molar refractivity (Wildman–Crippen MR) is 79.3 cm³/mol. The van der Waals surface area contributed by atoms with Gasteiger partial charge >= 0.3 is 0 Å². The molecule has 2 rings (SSSR count). The fourth-order valence-electron chi connectivity index (χ4n) is 2.09. The lowest BCUT2D eigenvalue weighted by molar-refractivity contribution is 0.457. The Kier molecular flexibility index (Phi) is 4.44. The largest absolute Gasteiger partial charge is 0.461 e. The fraction of sp³-hybridized carbons (Fsp3) is 0.400. The van der Waals surface area contributed by atoms with E-state index in [2.05, 4.69) is 31.0 Å². The quantitative estimate of drug-likeness (QED) is 0.663. The third-order valence-electron chi connectivity index (χ3n) is 3.20. The van der Waals surface area contributed by atoms with Crippen LogP contribution in [0.3, 0.4) is 0 Å². The lowest BCUT2D eigenvalue weighted by atomic mass is 10.2. The summed E-state index contributed by atoms with van der Waals surface area (Å²) in [7, 11) is 0. The van der Waals surface area contributed by atoms with Gasteiger partial charge in [-0.2, -0.15) is 0 Å². The van der Waals surface area contributed by atoms with Crippen molar-refractivity contribution in [1.82, 2.24) is 4.90 Å². The number of benzene rings is 1. The summed E-state index contributed by atoms with van der Waals surface area (Å²) < 4.78 is 5.74. The molecule has 1 heterocycles. The predicted octanol–water partition coefficient (Wildman–Crippen LogP) is 2.63. The highest BCUT2D eigenvalue weighted by atomic mass is 16.3. The van der Waals surface area contributed by atoms with Crippen molar-refractivity contribution in [3.05, 3.63) is 36.1 Å².